The summed E-state index contributed by atoms with van der Waals surface area (Å²) in [6.45, 7) is 1.73. The molecule has 0 aliphatic carbocycles. The van der Waals surface area contributed by atoms with Crippen LogP contribution in [0, 0.1) is 5.82 Å². The number of benzene rings is 1. The zero-order chi connectivity index (χ0) is 13.1. The van der Waals surface area contributed by atoms with E-state index in [9.17, 15) is 9.18 Å². The molecule has 2 aromatic rings. The Balaban J connectivity index is 2.29. The number of amides is 1. The van der Waals surface area contributed by atoms with Gasteiger partial charge in [-0.15, -0.1) is 10.2 Å². The van der Waals surface area contributed by atoms with Crippen LogP contribution >= 0.6 is 11.3 Å². The number of carbonyl (C=O) groups excluding carboxylic acids is 1. The second kappa shape index (κ2) is 5.09. The first-order valence-corrected chi connectivity index (χ1v) is 6.10. The van der Waals surface area contributed by atoms with Crippen molar-refractivity contribution < 1.29 is 9.18 Å². The highest BCUT2D eigenvalue weighted by atomic mass is 32.1. The number of halogens is 1. The summed E-state index contributed by atoms with van der Waals surface area (Å²) in [7, 11) is 0. The molecule has 0 saturated carbocycles. The minimum atomic E-state index is -0.422. The first-order chi connectivity index (χ1) is 8.60. The number of carbonyl (C=O) groups is 1. The Morgan fingerprint density at radius 2 is 2.28 bits per heavy atom. The fraction of sp³-hybridized carbons (Fsp3) is 0.182. The summed E-state index contributed by atoms with van der Waals surface area (Å²) < 4.78 is 13.6. The van der Waals surface area contributed by atoms with Gasteiger partial charge in [-0.1, -0.05) is 18.3 Å². The number of nitrogen functional groups attached to an aromatic ring is 1. The van der Waals surface area contributed by atoms with E-state index in [0.29, 0.717) is 22.2 Å². The fourth-order valence-corrected chi connectivity index (χ4v) is 2.07. The van der Waals surface area contributed by atoms with E-state index in [0.717, 1.165) is 11.3 Å². The minimum Gasteiger partial charge on any atom is -0.399 e. The summed E-state index contributed by atoms with van der Waals surface area (Å²) in [6.07, 6.45) is 0.349. The molecule has 0 spiro atoms. The minimum absolute atomic E-state index is 0.161. The van der Waals surface area contributed by atoms with E-state index >= 15 is 0 Å². The molecule has 0 radical (unpaired) electrons. The molecule has 0 fully saturated rings. The molecule has 0 unspecified atom stereocenters. The molecule has 0 saturated heterocycles. The Kier molecular flexibility index (Phi) is 3.52. The van der Waals surface area contributed by atoms with Crippen molar-refractivity contribution in [3.63, 3.8) is 0 Å². The van der Waals surface area contributed by atoms with Crippen LogP contribution in [-0.2, 0) is 4.79 Å². The van der Waals surface area contributed by atoms with Gasteiger partial charge in [0.1, 0.15) is 5.82 Å². The first kappa shape index (κ1) is 12.4. The van der Waals surface area contributed by atoms with E-state index in [1.165, 1.54) is 18.2 Å². The third-order valence-electron chi connectivity index (χ3n) is 2.21. The van der Waals surface area contributed by atoms with Gasteiger partial charge < -0.3 is 11.1 Å². The third kappa shape index (κ3) is 2.62. The molecular formula is C11H11FN4OS. The van der Waals surface area contributed by atoms with E-state index < -0.39 is 5.82 Å². The molecule has 5 nitrogen and oxygen atoms in total. The molecule has 2 rings (SSSR count). The van der Waals surface area contributed by atoms with E-state index in [1.54, 1.807) is 6.92 Å². The summed E-state index contributed by atoms with van der Waals surface area (Å²) in [4.78, 5) is 11.2. The first-order valence-electron chi connectivity index (χ1n) is 5.29. The highest BCUT2D eigenvalue weighted by Crippen LogP contribution is 2.29. The predicted octanol–water partition coefficient (Wildman–Crippen LogP) is 2.27. The van der Waals surface area contributed by atoms with E-state index in [2.05, 4.69) is 15.5 Å². The molecule has 0 bridgehead atoms. The summed E-state index contributed by atoms with van der Waals surface area (Å²) in [5, 5.41) is 10.9. The molecule has 1 amide bonds. The molecule has 7 heteroatoms. The van der Waals surface area contributed by atoms with Crippen LogP contribution < -0.4 is 11.1 Å². The molecule has 18 heavy (non-hydrogen) atoms. The molecule has 1 aromatic carbocycles. The van der Waals surface area contributed by atoms with Crippen molar-refractivity contribution in [1.82, 2.24) is 10.2 Å². The highest BCUT2D eigenvalue weighted by Gasteiger charge is 2.12. The number of aromatic nitrogens is 2. The maximum absolute atomic E-state index is 13.6. The Hall–Kier alpha value is -2.02. The highest BCUT2D eigenvalue weighted by molar-refractivity contribution is 7.18. The lowest BCUT2D eigenvalue weighted by Crippen LogP contribution is -2.08. The van der Waals surface area contributed by atoms with Crippen molar-refractivity contribution in [3.8, 4) is 10.6 Å². The van der Waals surface area contributed by atoms with Gasteiger partial charge in [-0.2, -0.15) is 0 Å². The van der Waals surface area contributed by atoms with E-state index in [-0.39, 0.29) is 11.5 Å². The maximum Gasteiger partial charge on any atom is 0.225 e. The summed E-state index contributed by atoms with van der Waals surface area (Å²) in [5.41, 5.74) is 6.32. The van der Waals surface area contributed by atoms with Gasteiger partial charge >= 0.3 is 0 Å². The standard InChI is InChI=1S/C11H11FN4OS/c1-2-9(17)14-11-16-15-10(18-11)7-5-6(13)3-4-8(7)12/h3-5H,2,13H2,1H3,(H,14,16,17). The SMILES string of the molecule is CCC(=O)Nc1nnc(-c2cc(N)ccc2F)s1. The summed E-state index contributed by atoms with van der Waals surface area (Å²) in [5.74, 6) is -0.584. The molecule has 0 aliphatic rings. The zero-order valence-corrected chi connectivity index (χ0v) is 10.4. The Morgan fingerprint density at radius 1 is 1.50 bits per heavy atom. The van der Waals surface area contributed by atoms with Crippen molar-refractivity contribution >= 4 is 28.1 Å². The Morgan fingerprint density at radius 3 is 3.00 bits per heavy atom. The fourth-order valence-electron chi connectivity index (χ4n) is 1.30. The monoisotopic (exact) mass is 266 g/mol. The lowest BCUT2D eigenvalue weighted by atomic mass is 10.2. The summed E-state index contributed by atoms with van der Waals surface area (Å²) in [6, 6.07) is 4.23. The number of nitrogens with one attached hydrogen (secondary N) is 1. The van der Waals surface area contributed by atoms with Crippen LogP contribution in [0.25, 0.3) is 10.6 Å². The van der Waals surface area contributed by atoms with Crippen molar-refractivity contribution in [3.05, 3.63) is 24.0 Å². The molecule has 94 valence electrons. The van der Waals surface area contributed by atoms with Crippen molar-refractivity contribution in [2.45, 2.75) is 13.3 Å². The normalized spacial score (nSPS) is 10.3. The second-order valence-corrected chi connectivity index (χ2v) is 4.53. The Labute approximate surface area is 107 Å². The van der Waals surface area contributed by atoms with Crippen LogP contribution in [0.4, 0.5) is 15.2 Å². The lowest BCUT2D eigenvalue weighted by molar-refractivity contribution is -0.115. The second-order valence-electron chi connectivity index (χ2n) is 3.55. The average molecular weight is 266 g/mol. The van der Waals surface area contributed by atoms with Crippen molar-refractivity contribution in [2.24, 2.45) is 0 Å². The van der Waals surface area contributed by atoms with Gasteiger partial charge in [-0.05, 0) is 18.2 Å². The van der Waals surface area contributed by atoms with Crippen LogP contribution in [0.1, 0.15) is 13.3 Å². The number of hydrogen-bond donors (Lipinski definition) is 2. The van der Waals surface area contributed by atoms with Gasteiger partial charge in [0.15, 0.2) is 5.01 Å². The molecule has 0 aliphatic heterocycles. The lowest BCUT2D eigenvalue weighted by Gasteiger charge is -1.99. The van der Waals surface area contributed by atoms with Gasteiger partial charge in [0, 0.05) is 12.1 Å². The summed E-state index contributed by atoms with van der Waals surface area (Å²) >= 11 is 1.10. The van der Waals surface area contributed by atoms with Gasteiger partial charge in [0.25, 0.3) is 0 Å². The number of nitrogens with zero attached hydrogens (tertiary/aromatic N) is 2. The van der Waals surface area contributed by atoms with Crippen molar-refractivity contribution in [1.29, 1.82) is 0 Å². The largest absolute Gasteiger partial charge is 0.399 e. The molecule has 1 heterocycles. The third-order valence-corrected chi connectivity index (χ3v) is 3.09. The zero-order valence-electron chi connectivity index (χ0n) is 9.61. The maximum atomic E-state index is 13.6. The Bertz CT molecular complexity index is 584. The number of nitrogens with two attached hydrogens (primary N) is 1. The molecule has 0 atom stereocenters. The number of anilines is 2. The van der Waals surface area contributed by atoms with Crippen LogP contribution in [0.3, 0.4) is 0 Å². The molecule has 1 aromatic heterocycles. The smallest absolute Gasteiger partial charge is 0.225 e. The van der Waals surface area contributed by atoms with Crippen LogP contribution in [-0.4, -0.2) is 16.1 Å². The van der Waals surface area contributed by atoms with Gasteiger partial charge in [0.05, 0.1) is 5.56 Å². The van der Waals surface area contributed by atoms with Gasteiger partial charge in [-0.3, -0.25) is 4.79 Å². The van der Waals surface area contributed by atoms with Gasteiger partial charge in [0.2, 0.25) is 11.0 Å². The molecule has 3 N–H and O–H groups in total. The van der Waals surface area contributed by atoms with Crippen LogP contribution in [0.15, 0.2) is 18.2 Å². The van der Waals surface area contributed by atoms with Crippen LogP contribution in [0.5, 0.6) is 0 Å². The quantitative estimate of drug-likeness (QED) is 0.835. The number of hydrogen-bond acceptors (Lipinski definition) is 5. The van der Waals surface area contributed by atoms with Crippen molar-refractivity contribution in [2.75, 3.05) is 11.1 Å². The average Bonchev–Trinajstić information content (AvgIpc) is 2.80. The molecular weight excluding hydrogens is 255 g/mol. The topological polar surface area (TPSA) is 80.9 Å². The van der Waals surface area contributed by atoms with E-state index in [1.807, 2.05) is 0 Å². The number of rotatable bonds is 3. The van der Waals surface area contributed by atoms with Crippen LogP contribution in [0.2, 0.25) is 0 Å². The van der Waals surface area contributed by atoms with Gasteiger partial charge in [-0.25, -0.2) is 4.39 Å². The van der Waals surface area contributed by atoms with E-state index in [4.69, 9.17) is 5.73 Å². The predicted molar refractivity (Wildman–Crippen MR) is 68.6 cm³/mol.